The molecule has 5 heteroatoms. The van der Waals surface area contributed by atoms with Gasteiger partial charge in [-0.3, -0.25) is 9.78 Å². The van der Waals surface area contributed by atoms with Crippen molar-refractivity contribution in [1.82, 2.24) is 4.98 Å². The van der Waals surface area contributed by atoms with Crippen molar-refractivity contribution >= 4 is 11.7 Å². The number of hydrogen-bond donors (Lipinski definition) is 1. The summed E-state index contributed by atoms with van der Waals surface area (Å²) in [6.45, 7) is 5.68. The molecule has 19 heavy (non-hydrogen) atoms. The summed E-state index contributed by atoms with van der Waals surface area (Å²) in [6.07, 6.45) is 4.52. The Morgan fingerprint density at radius 3 is 3.00 bits per heavy atom. The zero-order valence-corrected chi connectivity index (χ0v) is 11.4. The maximum atomic E-state index is 11.3. The topological polar surface area (TPSA) is 62.7 Å². The Morgan fingerprint density at radius 2 is 2.37 bits per heavy atom. The largest absolute Gasteiger partial charge is 0.481 e. The van der Waals surface area contributed by atoms with Crippen LogP contribution in [0.25, 0.3) is 0 Å². The van der Waals surface area contributed by atoms with Crippen molar-refractivity contribution in [2.45, 2.75) is 26.3 Å². The molecule has 1 aromatic rings. The molecular formula is C14H20N2O3. The van der Waals surface area contributed by atoms with Gasteiger partial charge in [0.15, 0.2) is 0 Å². The SMILES string of the molecule is CCCN(c1ccncc1C)C1COCC1C(=O)O. The summed E-state index contributed by atoms with van der Waals surface area (Å²) in [6, 6.07) is 1.85. The van der Waals surface area contributed by atoms with E-state index in [1.807, 2.05) is 19.2 Å². The average molecular weight is 264 g/mol. The molecule has 2 unspecified atom stereocenters. The van der Waals surface area contributed by atoms with Gasteiger partial charge in [-0.1, -0.05) is 6.92 Å². The van der Waals surface area contributed by atoms with Crippen molar-refractivity contribution in [2.24, 2.45) is 5.92 Å². The van der Waals surface area contributed by atoms with Gasteiger partial charge in [0.25, 0.3) is 0 Å². The molecule has 104 valence electrons. The van der Waals surface area contributed by atoms with Crippen molar-refractivity contribution in [3.05, 3.63) is 24.0 Å². The smallest absolute Gasteiger partial charge is 0.311 e. The molecule has 1 saturated heterocycles. The third-order valence-electron chi connectivity index (χ3n) is 3.53. The number of aryl methyl sites for hydroxylation is 1. The van der Waals surface area contributed by atoms with Gasteiger partial charge in [0.2, 0.25) is 0 Å². The first-order chi connectivity index (χ1) is 9.15. The third-order valence-corrected chi connectivity index (χ3v) is 3.53. The van der Waals surface area contributed by atoms with Gasteiger partial charge in [0, 0.05) is 24.6 Å². The number of aromatic nitrogens is 1. The molecule has 1 aliphatic heterocycles. The molecule has 0 radical (unpaired) electrons. The van der Waals surface area contributed by atoms with E-state index in [9.17, 15) is 9.90 Å². The zero-order valence-electron chi connectivity index (χ0n) is 11.4. The molecule has 0 bridgehead atoms. The van der Waals surface area contributed by atoms with E-state index in [4.69, 9.17) is 4.74 Å². The van der Waals surface area contributed by atoms with Crippen LogP contribution in [0.1, 0.15) is 18.9 Å². The van der Waals surface area contributed by atoms with Gasteiger partial charge >= 0.3 is 5.97 Å². The molecule has 1 aromatic heterocycles. The van der Waals surface area contributed by atoms with Crippen LogP contribution in [-0.4, -0.2) is 41.9 Å². The Balaban J connectivity index is 2.30. The zero-order chi connectivity index (χ0) is 13.8. The summed E-state index contributed by atoms with van der Waals surface area (Å²) in [5, 5.41) is 9.30. The van der Waals surface area contributed by atoms with Gasteiger partial charge in [0.05, 0.1) is 19.3 Å². The highest BCUT2D eigenvalue weighted by Gasteiger charge is 2.38. The molecule has 2 rings (SSSR count). The number of carboxylic acid groups (broad SMARTS) is 1. The summed E-state index contributed by atoms with van der Waals surface area (Å²) in [7, 11) is 0. The number of hydrogen-bond acceptors (Lipinski definition) is 4. The lowest BCUT2D eigenvalue weighted by molar-refractivity contribution is -0.141. The monoisotopic (exact) mass is 264 g/mol. The first-order valence-electron chi connectivity index (χ1n) is 6.63. The maximum absolute atomic E-state index is 11.3. The number of aliphatic carboxylic acids is 1. The normalized spacial score (nSPS) is 22.4. The molecule has 0 aliphatic carbocycles. The van der Waals surface area contributed by atoms with Crippen LogP contribution in [0.15, 0.2) is 18.5 Å². The van der Waals surface area contributed by atoms with E-state index in [1.54, 1.807) is 6.20 Å². The summed E-state index contributed by atoms with van der Waals surface area (Å²) in [4.78, 5) is 17.6. The Hall–Kier alpha value is -1.62. The Labute approximate surface area is 113 Å². The fourth-order valence-electron chi connectivity index (χ4n) is 2.58. The molecule has 5 nitrogen and oxygen atoms in total. The van der Waals surface area contributed by atoms with Gasteiger partial charge in [-0.25, -0.2) is 0 Å². The van der Waals surface area contributed by atoms with Crippen LogP contribution in [0.3, 0.4) is 0 Å². The predicted molar refractivity (Wildman–Crippen MR) is 72.3 cm³/mol. The lowest BCUT2D eigenvalue weighted by Gasteiger charge is -2.33. The molecule has 0 spiro atoms. The van der Waals surface area contributed by atoms with Crippen molar-refractivity contribution < 1.29 is 14.6 Å². The molecular weight excluding hydrogens is 244 g/mol. The molecule has 0 aromatic carbocycles. The average Bonchev–Trinajstić information content (AvgIpc) is 2.86. The molecule has 1 fully saturated rings. The van der Waals surface area contributed by atoms with Gasteiger partial charge in [-0.2, -0.15) is 0 Å². The third kappa shape index (κ3) is 2.87. The summed E-state index contributed by atoms with van der Waals surface area (Å²) < 4.78 is 5.38. The van der Waals surface area contributed by atoms with Crippen molar-refractivity contribution in [2.75, 3.05) is 24.7 Å². The number of anilines is 1. The van der Waals surface area contributed by atoms with E-state index >= 15 is 0 Å². The molecule has 2 heterocycles. The first kappa shape index (κ1) is 13.8. The van der Waals surface area contributed by atoms with E-state index < -0.39 is 11.9 Å². The Kier molecular flexibility index (Phi) is 4.37. The fourth-order valence-corrected chi connectivity index (χ4v) is 2.58. The lowest BCUT2D eigenvalue weighted by Crippen LogP contribution is -2.44. The van der Waals surface area contributed by atoms with Crippen LogP contribution in [-0.2, 0) is 9.53 Å². The van der Waals surface area contributed by atoms with Crippen molar-refractivity contribution in [1.29, 1.82) is 0 Å². The van der Waals surface area contributed by atoms with Crippen LogP contribution in [0, 0.1) is 12.8 Å². The summed E-state index contributed by atoms with van der Waals surface area (Å²) >= 11 is 0. The van der Waals surface area contributed by atoms with E-state index in [2.05, 4.69) is 16.8 Å². The van der Waals surface area contributed by atoms with Crippen molar-refractivity contribution in [3.8, 4) is 0 Å². The van der Waals surface area contributed by atoms with Crippen LogP contribution in [0.5, 0.6) is 0 Å². The highest BCUT2D eigenvalue weighted by molar-refractivity contribution is 5.72. The number of rotatable bonds is 5. The minimum Gasteiger partial charge on any atom is -0.481 e. The molecule has 1 aliphatic rings. The van der Waals surface area contributed by atoms with Crippen LogP contribution >= 0.6 is 0 Å². The summed E-state index contributed by atoms with van der Waals surface area (Å²) in [5.74, 6) is -1.24. The number of pyridine rings is 1. The highest BCUT2D eigenvalue weighted by Crippen LogP contribution is 2.28. The van der Waals surface area contributed by atoms with Crippen LogP contribution in [0.2, 0.25) is 0 Å². The van der Waals surface area contributed by atoms with Gasteiger partial charge in [-0.15, -0.1) is 0 Å². The Bertz CT molecular complexity index is 450. The highest BCUT2D eigenvalue weighted by atomic mass is 16.5. The van der Waals surface area contributed by atoms with Crippen LogP contribution in [0.4, 0.5) is 5.69 Å². The second kappa shape index (κ2) is 6.02. The Morgan fingerprint density at radius 1 is 1.58 bits per heavy atom. The minimum atomic E-state index is -0.782. The molecule has 1 N–H and O–H groups in total. The van der Waals surface area contributed by atoms with E-state index in [0.29, 0.717) is 13.2 Å². The van der Waals surface area contributed by atoms with Crippen LogP contribution < -0.4 is 4.90 Å². The summed E-state index contributed by atoms with van der Waals surface area (Å²) in [5.41, 5.74) is 2.12. The van der Waals surface area contributed by atoms with Crippen molar-refractivity contribution in [3.63, 3.8) is 0 Å². The number of ether oxygens (including phenoxy) is 1. The maximum Gasteiger partial charge on any atom is 0.311 e. The first-order valence-corrected chi connectivity index (χ1v) is 6.63. The fraction of sp³-hybridized carbons (Fsp3) is 0.571. The number of carboxylic acids is 1. The molecule has 0 saturated carbocycles. The second-order valence-electron chi connectivity index (χ2n) is 4.91. The minimum absolute atomic E-state index is 0.0986. The standard InChI is InChI=1S/C14H20N2O3/c1-3-6-16(12-4-5-15-7-10(12)2)13-9-19-8-11(13)14(17)18/h4-5,7,11,13H,3,6,8-9H2,1-2H3,(H,17,18). The number of carbonyl (C=O) groups is 1. The predicted octanol–water partition coefficient (Wildman–Crippen LogP) is 1.71. The van der Waals surface area contributed by atoms with Gasteiger partial charge in [0.1, 0.15) is 5.92 Å². The lowest BCUT2D eigenvalue weighted by atomic mass is 10.0. The molecule has 2 atom stereocenters. The van der Waals surface area contributed by atoms with Gasteiger partial charge < -0.3 is 14.7 Å². The number of nitrogens with zero attached hydrogens (tertiary/aromatic N) is 2. The quantitative estimate of drug-likeness (QED) is 0.877. The van der Waals surface area contributed by atoms with Gasteiger partial charge in [-0.05, 0) is 25.0 Å². The van der Waals surface area contributed by atoms with E-state index in [0.717, 1.165) is 24.2 Å². The van der Waals surface area contributed by atoms with E-state index in [-0.39, 0.29) is 6.04 Å². The van der Waals surface area contributed by atoms with E-state index in [1.165, 1.54) is 0 Å². The molecule has 0 amide bonds. The second-order valence-corrected chi connectivity index (χ2v) is 4.91.